The van der Waals surface area contributed by atoms with E-state index in [4.69, 9.17) is 9.84 Å². The highest BCUT2D eigenvalue weighted by Gasteiger charge is 2.16. The van der Waals surface area contributed by atoms with E-state index in [1.165, 1.54) is 0 Å². The van der Waals surface area contributed by atoms with Crippen LogP contribution in [-0.2, 0) is 19.1 Å². The van der Waals surface area contributed by atoms with Crippen molar-refractivity contribution in [3.8, 4) is 0 Å². The van der Waals surface area contributed by atoms with Crippen molar-refractivity contribution in [1.82, 2.24) is 0 Å². The lowest BCUT2D eigenvalue weighted by molar-refractivity contribution is -0.155. The van der Waals surface area contributed by atoms with E-state index in [1.54, 1.807) is 20.8 Å². The van der Waals surface area contributed by atoms with Gasteiger partial charge in [0, 0.05) is 12.8 Å². The lowest BCUT2D eigenvalue weighted by Crippen LogP contribution is -2.23. The van der Waals surface area contributed by atoms with Crippen molar-refractivity contribution in [3.05, 3.63) is 0 Å². The molecule has 0 aromatic rings. The molecular weight excluding hydrogens is 200 g/mol. The van der Waals surface area contributed by atoms with Gasteiger partial charge in [-0.05, 0) is 27.2 Å². The van der Waals surface area contributed by atoms with Crippen LogP contribution in [0.25, 0.3) is 0 Å². The largest absolute Gasteiger partial charge is 0.460 e. The summed E-state index contributed by atoms with van der Waals surface area (Å²) in [6.07, 6.45) is 0.658. The Morgan fingerprint density at radius 1 is 1.13 bits per heavy atom. The van der Waals surface area contributed by atoms with Gasteiger partial charge in [-0.2, -0.15) is 0 Å². The highest BCUT2D eigenvalue weighted by atomic mass is 16.6. The Balaban J connectivity index is 3.60. The Morgan fingerprint density at radius 3 is 2.13 bits per heavy atom. The summed E-state index contributed by atoms with van der Waals surface area (Å²) < 4.78 is 9.33. The molecule has 15 heavy (non-hydrogen) atoms. The van der Waals surface area contributed by atoms with E-state index in [2.05, 4.69) is 4.74 Å². The molecule has 0 aliphatic carbocycles. The molecule has 0 rings (SSSR count). The summed E-state index contributed by atoms with van der Waals surface area (Å²) >= 11 is 0. The van der Waals surface area contributed by atoms with Gasteiger partial charge in [-0.15, -0.1) is 0 Å². The third-order valence-electron chi connectivity index (χ3n) is 1.41. The van der Waals surface area contributed by atoms with Crippen molar-refractivity contribution < 1.29 is 24.2 Å². The molecule has 88 valence electrons. The fourth-order valence-electron chi connectivity index (χ4n) is 0.914. The minimum absolute atomic E-state index is 0.111. The third kappa shape index (κ3) is 9.21. The van der Waals surface area contributed by atoms with Crippen LogP contribution in [0, 0.1) is 0 Å². The SMILES string of the molecule is CC(C)(C)OC(=O)CCCC(=O)OCO. The van der Waals surface area contributed by atoms with Gasteiger partial charge in [-0.3, -0.25) is 9.59 Å². The van der Waals surface area contributed by atoms with Crippen LogP contribution in [0.3, 0.4) is 0 Å². The Morgan fingerprint density at radius 2 is 1.67 bits per heavy atom. The second kappa shape index (κ2) is 6.40. The van der Waals surface area contributed by atoms with Crippen LogP contribution in [0.15, 0.2) is 0 Å². The van der Waals surface area contributed by atoms with Gasteiger partial charge in [0.05, 0.1) is 0 Å². The maximum atomic E-state index is 11.2. The first-order valence-corrected chi connectivity index (χ1v) is 4.83. The Bertz CT molecular complexity index is 216. The van der Waals surface area contributed by atoms with E-state index in [0.29, 0.717) is 6.42 Å². The van der Waals surface area contributed by atoms with E-state index in [-0.39, 0.29) is 18.8 Å². The standard InChI is InChI=1S/C10H18O5/c1-10(2,3)15-9(13)6-4-5-8(12)14-7-11/h11H,4-7H2,1-3H3. The topological polar surface area (TPSA) is 72.8 Å². The first kappa shape index (κ1) is 13.9. The van der Waals surface area contributed by atoms with E-state index in [9.17, 15) is 9.59 Å². The van der Waals surface area contributed by atoms with E-state index in [1.807, 2.05) is 0 Å². The highest BCUT2D eigenvalue weighted by Crippen LogP contribution is 2.09. The molecule has 0 saturated heterocycles. The van der Waals surface area contributed by atoms with Crippen molar-refractivity contribution in [2.75, 3.05) is 6.79 Å². The molecule has 0 bridgehead atoms. The lowest BCUT2D eigenvalue weighted by Gasteiger charge is -2.19. The Kier molecular flexibility index (Phi) is 5.93. The van der Waals surface area contributed by atoms with Crippen LogP contribution < -0.4 is 0 Å². The maximum Gasteiger partial charge on any atom is 0.307 e. The fraction of sp³-hybridized carbons (Fsp3) is 0.800. The number of rotatable bonds is 5. The highest BCUT2D eigenvalue weighted by molar-refractivity contribution is 5.72. The van der Waals surface area contributed by atoms with Crippen LogP contribution in [0.5, 0.6) is 0 Å². The van der Waals surface area contributed by atoms with Crippen molar-refractivity contribution in [2.45, 2.75) is 45.6 Å². The number of esters is 2. The molecule has 0 atom stereocenters. The van der Waals surface area contributed by atoms with Gasteiger partial charge in [0.25, 0.3) is 0 Å². The molecule has 0 radical (unpaired) electrons. The van der Waals surface area contributed by atoms with Crippen molar-refractivity contribution in [1.29, 1.82) is 0 Å². The maximum absolute atomic E-state index is 11.2. The predicted octanol–water partition coefficient (Wildman–Crippen LogP) is 0.991. The second-order valence-electron chi connectivity index (χ2n) is 4.09. The number of aliphatic hydroxyl groups excluding tert-OH is 1. The first-order chi connectivity index (χ1) is 6.85. The van der Waals surface area contributed by atoms with Gasteiger partial charge in [0.1, 0.15) is 5.60 Å². The second-order valence-corrected chi connectivity index (χ2v) is 4.09. The normalized spacial score (nSPS) is 10.9. The van der Waals surface area contributed by atoms with E-state index in [0.717, 1.165) is 0 Å². The molecular formula is C10H18O5. The smallest absolute Gasteiger partial charge is 0.307 e. The molecule has 0 unspecified atom stereocenters. The molecule has 0 amide bonds. The summed E-state index contributed by atoms with van der Waals surface area (Å²) in [6.45, 7) is 4.73. The van der Waals surface area contributed by atoms with Crippen LogP contribution in [0.1, 0.15) is 40.0 Å². The van der Waals surface area contributed by atoms with Gasteiger partial charge in [0.2, 0.25) is 0 Å². The average molecular weight is 218 g/mol. The molecule has 0 aliphatic rings. The summed E-state index contributed by atoms with van der Waals surface area (Å²) in [6, 6.07) is 0. The number of aliphatic hydroxyl groups is 1. The molecule has 0 aliphatic heterocycles. The molecule has 5 heteroatoms. The van der Waals surface area contributed by atoms with E-state index >= 15 is 0 Å². The third-order valence-corrected chi connectivity index (χ3v) is 1.41. The zero-order valence-electron chi connectivity index (χ0n) is 9.41. The monoisotopic (exact) mass is 218 g/mol. The van der Waals surface area contributed by atoms with Crippen LogP contribution in [0.4, 0.5) is 0 Å². The molecule has 0 fully saturated rings. The number of hydrogen-bond acceptors (Lipinski definition) is 5. The van der Waals surface area contributed by atoms with E-state index < -0.39 is 18.4 Å². The lowest BCUT2D eigenvalue weighted by atomic mass is 10.2. The summed E-state index contributed by atoms with van der Waals surface area (Å²) in [5.74, 6) is -0.847. The minimum Gasteiger partial charge on any atom is -0.460 e. The summed E-state index contributed by atoms with van der Waals surface area (Å²) in [5, 5.41) is 8.26. The van der Waals surface area contributed by atoms with Gasteiger partial charge >= 0.3 is 11.9 Å². The first-order valence-electron chi connectivity index (χ1n) is 4.83. The number of carbonyl (C=O) groups is 2. The van der Waals surface area contributed by atoms with Crippen LogP contribution in [0.2, 0.25) is 0 Å². The molecule has 5 nitrogen and oxygen atoms in total. The fourth-order valence-corrected chi connectivity index (χ4v) is 0.914. The summed E-state index contributed by atoms with van der Waals surface area (Å²) in [7, 11) is 0. The van der Waals surface area contributed by atoms with Crippen LogP contribution in [-0.4, -0.2) is 29.4 Å². The molecule has 0 heterocycles. The molecule has 0 spiro atoms. The molecule has 0 aromatic heterocycles. The number of carbonyl (C=O) groups excluding carboxylic acids is 2. The molecule has 0 aromatic carbocycles. The number of hydrogen-bond donors (Lipinski definition) is 1. The zero-order chi connectivity index (χ0) is 11.9. The van der Waals surface area contributed by atoms with Gasteiger partial charge in [-0.1, -0.05) is 0 Å². The predicted molar refractivity (Wildman–Crippen MR) is 52.9 cm³/mol. The van der Waals surface area contributed by atoms with Crippen molar-refractivity contribution >= 4 is 11.9 Å². The van der Waals surface area contributed by atoms with Crippen molar-refractivity contribution in [2.24, 2.45) is 0 Å². The van der Waals surface area contributed by atoms with Crippen LogP contribution >= 0.6 is 0 Å². The number of ether oxygens (including phenoxy) is 2. The van der Waals surface area contributed by atoms with Gasteiger partial charge in [0.15, 0.2) is 6.79 Å². The summed E-state index contributed by atoms with van der Waals surface area (Å²) in [5.41, 5.74) is -0.497. The quantitative estimate of drug-likeness (QED) is 0.550. The van der Waals surface area contributed by atoms with Gasteiger partial charge < -0.3 is 14.6 Å². The zero-order valence-corrected chi connectivity index (χ0v) is 9.41. The molecule has 1 N–H and O–H groups in total. The Labute approximate surface area is 89.4 Å². The molecule has 0 saturated carbocycles. The van der Waals surface area contributed by atoms with Gasteiger partial charge in [-0.25, -0.2) is 0 Å². The van der Waals surface area contributed by atoms with Crippen molar-refractivity contribution in [3.63, 3.8) is 0 Å². The average Bonchev–Trinajstić information content (AvgIpc) is 2.00. The minimum atomic E-state index is -0.620. The Hall–Kier alpha value is -1.10. The summed E-state index contributed by atoms with van der Waals surface area (Å²) in [4.78, 5) is 21.9.